The van der Waals surface area contributed by atoms with Crippen LogP contribution in [-0.4, -0.2) is 13.1 Å². The van der Waals surface area contributed by atoms with Crippen LogP contribution in [0.4, 0.5) is 4.39 Å². The number of hydrogen-bond donors (Lipinski definition) is 0. The van der Waals surface area contributed by atoms with Crippen molar-refractivity contribution in [3.8, 4) is 0 Å². The second kappa shape index (κ2) is 11.0. The van der Waals surface area contributed by atoms with E-state index in [-0.39, 0.29) is 8.81 Å². The molecule has 1 aromatic heterocycles. The Balaban J connectivity index is 0.000000209. The lowest BCUT2D eigenvalue weighted by atomic mass is 10.2. The number of fused-ring (bicyclic) bond motifs is 1. The highest BCUT2D eigenvalue weighted by molar-refractivity contribution is 7.32. The minimum absolute atomic E-state index is 0.102. The zero-order valence-corrected chi connectivity index (χ0v) is 16.6. The third kappa shape index (κ3) is 6.49. The summed E-state index contributed by atoms with van der Waals surface area (Å²) in [6, 6.07) is 17.4. The predicted octanol–water partition coefficient (Wildman–Crippen LogP) is 6.17. The molecule has 3 aromatic rings. The number of hydrogen-bond acceptors (Lipinski definition) is 4. The molecule has 0 saturated carbocycles. The van der Waals surface area contributed by atoms with Crippen LogP contribution in [0.2, 0.25) is 0 Å². The summed E-state index contributed by atoms with van der Waals surface area (Å²) in [5, 5.41) is 1.13. The summed E-state index contributed by atoms with van der Waals surface area (Å²) >= 11 is 1.74. The lowest BCUT2D eigenvalue weighted by Crippen LogP contribution is -1.88. The van der Waals surface area contributed by atoms with E-state index in [1.165, 1.54) is 9.58 Å². The molecule has 0 aliphatic heterocycles. The van der Waals surface area contributed by atoms with E-state index < -0.39 is 5.91 Å². The maximum atomic E-state index is 13.7. The molecule has 0 aliphatic rings. The summed E-state index contributed by atoms with van der Waals surface area (Å²) in [5.74, 6) is -0.996. The molecule has 1 heterocycles. The van der Waals surface area contributed by atoms with Crippen molar-refractivity contribution in [3.63, 3.8) is 0 Å². The highest BCUT2D eigenvalue weighted by atomic mass is 32.1. The molecule has 0 saturated heterocycles. The molecule has 0 radical (unpaired) electrons. The van der Waals surface area contributed by atoms with Crippen LogP contribution in [0, 0.1) is 6.92 Å². The molecule has 138 valence electrons. The maximum absolute atomic E-state index is 13.7. The van der Waals surface area contributed by atoms with E-state index in [2.05, 4.69) is 17.7 Å². The first-order chi connectivity index (χ1) is 12.6. The lowest BCUT2D eigenvalue weighted by molar-refractivity contribution is -0.129. The highest BCUT2D eigenvalue weighted by Gasteiger charge is 2.11. The first-order valence-corrected chi connectivity index (χ1v) is 10.0. The number of aryl methyl sites for hydroxylation is 1. The third-order valence-corrected chi connectivity index (χ3v) is 5.48. The van der Waals surface area contributed by atoms with Gasteiger partial charge in [0.05, 0.1) is 8.81 Å². The van der Waals surface area contributed by atoms with Crippen LogP contribution in [0.5, 0.6) is 0 Å². The number of halogens is 1. The zero-order chi connectivity index (χ0) is 18.8. The van der Waals surface area contributed by atoms with Crippen LogP contribution in [0.1, 0.15) is 28.8 Å². The van der Waals surface area contributed by atoms with Gasteiger partial charge in [0.25, 0.3) is 6.47 Å². The summed E-state index contributed by atoms with van der Waals surface area (Å²) in [4.78, 5) is 11.0. The average Bonchev–Trinajstić information content (AvgIpc) is 3.05. The molecule has 2 atom stereocenters. The minimum Gasteiger partial charge on any atom is -0.463 e. The number of rotatable bonds is 7. The van der Waals surface area contributed by atoms with Gasteiger partial charge in [-0.2, -0.15) is 0 Å². The molecule has 6 heteroatoms. The largest absolute Gasteiger partial charge is 0.463 e. The van der Waals surface area contributed by atoms with E-state index in [1.807, 2.05) is 55.5 Å². The van der Waals surface area contributed by atoms with E-state index in [9.17, 15) is 9.18 Å². The van der Waals surface area contributed by atoms with E-state index >= 15 is 0 Å². The van der Waals surface area contributed by atoms with Crippen LogP contribution in [0.15, 0.2) is 54.6 Å². The predicted molar refractivity (Wildman–Crippen MR) is 108 cm³/mol. The van der Waals surface area contributed by atoms with E-state index in [0.717, 1.165) is 16.5 Å². The number of alkyl halides is 1. The molecule has 2 unspecified atom stereocenters. The van der Waals surface area contributed by atoms with Crippen molar-refractivity contribution in [2.75, 3.05) is 6.61 Å². The molecule has 0 aliphatic carbocycles. The monoisotopic (exact) mass is 392 g/mol. The van der Waals surface area contributed by atoms with Gasteiger partial charge >= 0.3 is 0 Å². The molecule has 2 aromatic carbocycles. The SMILES string of the molecule is CCOPC(F)c1ccc2sc(C)cc2c1.O=COCc1ccccc1. The van der Waals surface area contributed by atoms with E-state index in [1.54, 1.807) is 11.3 Å². The molecule has 0 N–H and O–H groups in total. The summed E-state index contributed by atoms with van der Waals surface area (Å²) in [6.07, 6.45) is 0. The Kier molecular flexibility index (Phi) is 8.69. The Bertz CT molecular complexity index is 807. The van der Waals surface area contributed by atoms with Gasteiger partial charge in [-0.15, -0.1) is 11.3 Å². The molecule has 0 bridgehead atoms. The van der Waals surface area contributed by atoms with Gasteiger partial charge < -0.3 is 9.26 Å². The number of benzene rings is 2. The van der Waals surface area contributed by atoms with Crippen molar-refractivity contribution in [2.45, 2.75) is 26.4 Å². The Hall–Kier alpha value is -1.81. The fourth-order valence-electron chi connectivity index (χ4n) is 2.28. The van der Waals surface area contributed by atoms with Gasteiger partial charge in [0.2, 0.25) is 0 Å². The van der Waals surface area contributed by atoms with Gasteiger partial charge in [0.1, 0.15) is 6.61 Å². The topological polar surface area (TPSA) is 35.5 Å². The Labute approximate surface area is 159 Å². The van der Waals surface area contributed by atoms with Gasteiger partial charge in [0, 0.05) is 16.2 Å². The van der Waals surface area contributed by atoms with Gasteiger partial charge in [0.15, 0.2) is 5.91 Å². The Morgan fingerprint density at radius 3 is 2.65 bits per heavy atom. The average molecular weight is 392 g/mol. The fraction of sp³-hybridized carbons (Fsp3) is 0.250. The Morgan fingerprint density at radius 1 is 1.19 bits per heavy atom. The van der Waals surface area contributed by atoms with Crippen LogP contribution < -0.4 is 0 Å². The molecule has 26 heavy (non-hydrogen) atoms. The van der Waals surface area contributed by atoms with Crippen molar-refractivity contribution in [1.29, 1.82) is 0 Å². The second-order valence-electron chi connectivity index (χ2n) is 5.46. The summed E-state index contributed by atoms with van der Waals surface area (Å²) in [6.45, 7) is 5.33. The van der Waals surface area contributed by atoms with Crippen LogP contribution in [0.3, 0.4) is 0 Å². The molecule has 0 spiro atoms. The van der Waals surface area contributed by atoms with Crippen molar-refractivity contribution in [1.82, 2.24) is 0 Å². The van der Waals surface area contributed by atoms with Crippen LogP contribution >= 0.6 is 20.1 Å². The van der Waals surface area contributed by atoms with Crippen LogP contribution in [-0.2, 0) is 20.7 Å². The van der Waals surface area contributed by atoms with Crippen molar-refractivity contribution >= 4 is 36.7 Å². The van der Waals surface area contributed by atoms with Crippen molar-refractivity contribution < 1.29 is 18.4 Å². The standard InChI is InChI=1S/C12H14FOPS.C8H8O2/c1-3-14-15-12(13)9-4-5-11-10(7-9)6-8(2)16-11;9-7-10-6-8-4-2-1-3-5-8/h4-7,12,15H,3H2,1-2H3;1-5,7H,6H2. The van der Waals surface area contributed by atoms with Gasteiger partial charge in [-0.1, -0.05) is 36.4 Å². The quantitative estimate of drug-likeness (QED) is 0.356. The van der Waals surface area contributed by atoms with Gasteiger partial charge in [-0.05, 0) is 48.6 Å². The van der Waals surface area contributed by atoms with Gasteiger partial charge in [-0.3, -0.25) is 4.79 Å². The first kappa shape index (κ1) is 20.5. The lowest BCUT2D eigenvalue weighted by Gasteiger charge is -2.07. The van der Waals surface area contributed by atoms with E-state index in [0.29, 0.717) is 19.7 Å². The number of carbonyl (C=O) groups is 1. The first-order valence-electron chi connectivity index (χ1n) is 8.24. The van der Waals surface area contributed by atoms with Crippen molar-refractivity contribution in [2.24, 2.45) is 0 Å². The molecule has 0 fully saturated rings. The third-order valence-electron chi connectivity index (χ3n) is 3.45. The second-order valence-corrected chi connectivity index (χ2v) is 7.78. The molecule has 3 rings (SSSR count). The summed E-state index contributed by atoms with van der Waals surface area (Å²) in [5.41, 5.74) is 1.73. The number of thiophene rings is 1. The fourth-order valence-corrected chi connectivity index (χ4v) is 3.81. The highest BCUT2D eigenvalue weighted by Crippen LogP contribution is 2.38. The molecular formula is C20H22FO3PS. The molecule has 3 nitrogen and oxygen atoms in total. The smallest absolute Gasteiger partial charge is 0.293 e. The van der Waals surface area contributed by atoms with Crippen LogP contribution in [0.25, 0.3) is 10.1 Å². The molecular weight excluding hydrogens is 370 g/mol. The van der Waals surface area contributed by atoms with Gasteiger partial charge in [-0.25, -0.2) is 4.39 Å². The number of ether oxygens (including phenoxy) is 1. The minimum atomic E-state index is -0.996. The molecule has 0 amide bonds. The Morgan fingerprint density at radius 2 is 1.96 bits per heavy atom. The summed E-state index contributed by atoms with van der Waals surface area (Å²) < 4.78 is 24.6. The zero-order valence-electron chi connectivity index (χ0n) is 14.8. The van der Waals surface area contributed by atoms with Crippen molar-refractivity contribution in [3.05, 3.63) is 70.6 Å². The normalized spacial score (nSPS) is 12.0. The number of carbonyl (C=O) groups excluding carboxylic acids is 1. The summed E-state index contributed by atoms with van der Waals surface area (Å²) in [7, 11) is -0.102. The maximum Gasteiger partial charge on any atom is 0.293 e. The van der Waals surface area contributed by atoms with E-state index in [4.69, 9.17) is 4.52 Å².